The fourth-order valence-electron chi connectivity index (χ4n) is 4.61. The lowest BCUT2D eigenvalue weighted by atomic mass is 9.95. The molecule has 1 saturated heterocycles. The Hall–Kier alpha value is -4.55. The summed E-state index contributed by atoms with van der Waals surface area (Å²) in [6.07, 6.45) is 0. The number of Topliss-reactive ketones (excluding diaryl/α,β-unsaturated/α-hetero) is 1. The molecular formula is C32H26ClNO5. The number of ether oxygens (including phenoxy) is 2. The second kappa shape index (κ2) is 11.5. The van der Waals surface area contributed by atoms with E-state index in [1.54, 1.807) is 60.7 Å². The largest absolute Gasteiger partial charge is 0.507 e. The van der Waals surface area contributed by atoms with Crippen LogP contribution in [0.15, 0.2) is 109 Å². The topological polar surface area (TPSA) is 76.1 Å². The zero-order valence-electron chi connectivity index (χ0n) is 21.2. The van der Waals surface area contributed by atoms with Gasteiger partial charge in [-0.2, -0.15) is 0 Å². The fourth-order valence-corrected chi connectivity index (χ4v) is 4.81. The highest BCUT2D eigenvalue weighted by Crippen LogP contribution is 2.44. The van der Waals surface area contributed by atoms with Gasteiger partial charge in [-0.15, -0.1) is 0 Å². The van der Waals surface area contributed by atoms with Crippen LogP contribution in [0.25, 0.3) is 5.76 Å². The molecular weight excluding hydrogens is 514 g/mol. The minimum atomic E-state index is -0.917. The van der Waals surface area contributed by atoms with E-state index in [1.807, 2.05) is 49.4 Å². The van der Waals surface area contributed by atoms with Crippen LogP contribution in [0.5, 0.6) is 11.5 Å². The lowest BCUT2D eigenvalue weighted by Crippen LogP contribution is -2.29. The Morgan fingerprint density at radius 2 is 1.54 bits per heavy atom. The predicted molar refractivity (Wildman–Crippen MR) is 151 cm³/mol. The number of aliphatic hydroxyl groups is 1. The van der Waals surface area contributed by atoms with E-state index in [2.05, 4.69) is 0 Å². The van der Waals surface area contributed by atoms with Gasteiger partial charge in [0.25, 0.3) is 11.7 Å². The summed E-state index contributed by atoms with van der Waals surface area (Å²) in [6, 6.07) is 29.7. The van der Waals surface area contributed by atoms with Crippen molar-refractivity contribution in [2.24, 2.45) is 0 Å². The molecule has 5 rings (SSSR count). The fraction of sp³-hybridized carbons (Fsp3) is 0.125. The third-order valence-electron chi connectivity index (χ3n) is 6.40. The highest BCUT2D eigenvalue weighted by atomic mass is 35.5. The summed E-state index contributed by atoms with van der Waals surface area (Å²) < 4.78 is 11.6. The van der Waals surface area contributed by atoms with Crippen LogP contribution < -0.4 is 14.4 Å². The van der Waals surface area contributed by atoms with Gasteiger partial charge in [-0.25, -0.2) is 0 Å². The summed E-state index contributed by atoms with van der Waals surface area (Å²) >= 11 is 6.45. The molecule has 1 fully saturated rings. The van der Waals surface area contributed by atoms with Gasteiger partial charge in [0.05, 0.1) is 23.2 Å². The molecule has 7 heteroatoms. The van der Waals surface area contributed by atoms with E-state index in [1.165, 1.54) is 4.90 Å². The Kier molecular flexibility index (Phi) is 7.66. The van der Waals surface area contributed by atoms with Gasteiger partial charge in [0.1, 0.15) is 23.9 Å². The quantitative estimate of drug-likeness (QED) is 0.149. The number of rotatable bonds is 8. The molecule has 0 aliphatic carbocycles. The molecule has 0 radical (unpaired) electrons. The smallest absolute Gasteiger partial charge is 0.300 e. The van der Waals surface area contributed by atoms with Crippen molar-refractivity contribution in [3.63, 3.8) is 0 Å². The highest BCUT2D eigenvalue weighted by molar-refractivity contribution is 6.52. The van der Waals surface area contributed by atoms with Crippen LogP contribution in [0.3, 0.4) is 0 Å². The summed E-state index contributed by atoms with van der Waals surface area (Å²) in [4.78, 5) is 28.3. The van der Waals surface area contributed by atoms with Crippen molar-refractivity contribution >= 4 is 34.7 Å². The molecule has 1 atom stereocenters. The molecule has 1 N–H and O–H groups in total. The number of carbonyl (C=O) groups is 2. The molecule has 39 heavy (non-hydrogen) atoms. The number of benzene rings is 4. The van der Waals surface area contributed by atoms with Gasteiger partial charge in [0, 0.05) is 11.3 Å². The monoisotopic (exact) mass is 539 g/mol. The van der Waals surface area contributed by atoms with Gasteiger partial charge >= 0.3 is 0 Å². The first-order chi connectivity index (χ1) is 19.0. The van der Waals surface area contributed by atoms with Gasteiger partial charge in [0.2, 0.25) is 0 Å². The number of nitrogens with zero attached hydrogens (tertiary/aromatic N) is 1. The lowest BCUT2D eigenvalue weighted by molar-refractivity contribution is -0.132. The number of carbonyl (C=O) groups excluding carboxylic acids is 2. The number of anilines is 1. The van der Waals surface area contributed by atoms with Gasteiger partial charge < -0.3 is 14.6 Å². The summed E-state index contributed by atoms with van der Waals surface area (Å²) in [5, 5.41) is 11.7. The van der Waals surface area contributed by atoms with Crippen LogP contribution in [0.1, 0.15) is 29.7 Å². The van der Waals surface area contributed by atoms with Crippen LogP contribution in [0, 0.1) is 0 Å². The average Bonchev–Trinajstić information content (AvgIpc) is 3.24. The molecule has 196 valence electrons. The van der Waals surface area contributed by atoms with Crippen LogP contribution in [-0.4, -0.2) is 23.4 Å². The van der Waals surface area contributed by atoms with Crippen molar-refractivity contribution in [1.29, 1.82) is 0 Å². The maximum atomic E-state index is 13.5. The zero-order chi connectivity index (χ0) is 27.4. The van der Waals surface area contributed by atoms with Crippen LogP contribution in [0.4, 0.5) is 5.69 Å². The van der Waals surface area contributed by atoms with Gasteiger partial charge in [-0.3, -0.25) is 14.5 Å². The Labute approximate surface area is 231 Å². The van der Waals surface area contributed by atoms with Gasteiger partial charge in [-0.1, -0.05) is 72.3 Å². The zero-order valence-corrected chi connectivity index (χ0v) is 22.0. The molecule has 1 aliphatic heterocycles. The second-order valence-electron chi connectivity index (χ2n) is 8.93. The first kappa shape index (κ1) is 26.1. The Morgan fingerprint density at radius 3 is 2.26 bits per heavy atom. The summed E-state index contributed by atoms with van der Waals surface area (Å²) in [6.45, 7) is 2.60. The first-order valence-corrected chi connectivity index (χ1v) is 12.9. The number of para-hydroxylation sites is 1. The molecule has 1 unspecified atom stereocenters. The molecule has 0 aromatic heterocycles. The van der Waals surface area contributed by atoms with Crippen LogP contribution >= 0.6 is 11.6 Å². The molecule has 0 saturated carbocycles. The van der Waals surface area contributed by atoms with Gasteiger partial charge in [-0.05, 0) is 60.5 Å². The van der Waals surface area contributed by atoms with Crippen molar-refractivity contribution in [3.8, 4) is 11.5 Å². The molecule has 6 nitrogen and oxygen atoms in total. The van der Waals surface area contributed by atoms with E-state index in [-0.39, 0.29) is 21.9 Å². The summed E-state index contributed by atoms with van der Waals surface area (Å²) in [5.41, 5.74) is 2.26. The van der Waals surface area contributed by atoms with E-state index >= 15 is 0 Å². The Morgan fingerprint density at radius 1 is 0.846 bits per heavy atom. The molecule has 4 aromatic rings. The maximum absolute atomic E-state index is 13.5. The van der Waals surface area contributed by atoms with Crippen molar-refractivity contribution in [3.05, 3.63) is 130 Å². The molecule has 4 aromatic carbocycles. The summed E-state index contributed by atoms with van der Waals surface area (Å²) in [5.74, 6) is -0.894. The SMILES string of the molecule is CCOc1ccc(Cl)c(/C(O)=C2\C(=O)C(=O)N(c3ccccc3)C2c2cccc(OCc3ccccc3)c2)c1. The average molecular weight is 540 g/mol. The first-order valence-electron chi connectivity index (χ1n) is 12.5. The Bertz CT molecular complexity index is 1530. The number of amides is 1. The molecule has 1 aliphatic rings. The molecule has 0 spiro atoms. The second-order valence-corrected chi connectivity index (χ2v) is 9.33. The molecule has 0 bridgehead atoms. The van der Waals surface area contributed by atoms with E-state index < -0.39 is 17.7 Å². The lowest BCUT2D eigenvalue weighted by Gasteiger charge is -2.26. The van der Waals surface area contributed by atoms with E-state index in [0.717, 1.165) is 5.56 Å². The van der Waals surface area contributed by atoms with Gasteiger partial charge in [0.15, 0.2) is 0 Å². The van der Waals surface area contributed by atoms with Crippen molar-refractivity contribution in [2.75, 3.05) is 11.5 Å². The van der Waals surface area contributed by atoms with Crippen molar-refractivity contribution < 1.29 is 24.2 Å². The number of hydrogen-bond donors (Lipinski definition) is 1. The molecule has 1 heterocycles. The van der Waals surface area contributed by atoms with E-state index in [4.69, 9.17) is 21.1 Å². The number of aliphatic hydroxyl groups excluding tert-OH is 1. The van der Waals surface area contributed by atoms with Crippen LogP contribution in [-0.2, 0) is 16.2 Å². The third kappa shape index (κ3) is 5.38. The summed E-state index contributed by atoms with van der Waals surface area (Å²) in [7, 11) is 0. The number of hydrogen-bond acceptors (Lipinski definition) is 5. The normalized spacial score (nSPS) is 16.4. The third-order valence-corrected chi connectivity index (χ3v) is 6.73. The minimum absolute atomic E-state index is 0.0698. The number of halogens is 1. The van der Waals surface area contributed by atoms with Crippen molar-refractivity contribution in [2.45, 2.75) is 19.6 Å². The highest BCUT2D eigenvalue weighted by Gasteiger charge is 2.47. The van der Waals surface area contributed by atoms with E-state index in [0.29, 0.717) is 36.0 Å². The minimum Gasteiger partial charge on any atom is -0.507 e. The van der Waals surface area contributed by atoms with E-state index in [9.17, 15) is 14.7 Å². The molecule has 1 amide bonds. The Balaban J connectivity index is 1.62. The van der Waals surface area contributed by atoms with Crippen LogP contribution in [0.2, 0.25) is 5.02 Å². The maximum Gasteiger partial charge on any atom is 0.300 e. The number of ketones is 1. The van der Waals surface area contributed by atoms with Crippen molar-refractivity contribution in [1.82, 2.24) is 0 Å². The standard InChI is InChI=1S/C32H26ClNO5/c1-2-38-25-16-17-27(33)26(19-25)30(35)28-29(34(32(37)31(28)36)23-13-7-4-8-14-23)22-12-9-15-24(18-22)39-20-21-10-5-3-6-11-21/h3-19,29,35H,2,20H2,1H3/b30-28+. The predicted octanol–water partition coefficient (Wildman–Crippen LogP) is 6.94.